The van der Waals surface area contributed by atoms with E-state index in [0.29, 0.717) is 53.7 Å². The second-order valence-corrected chi connectivity index (χ2v) is 13.2. The Morgan fingerprint density at radius 2 is 1.44 bits per heavy atom. The molecule has 0 fully saturated rings. The van der Waals surface area contributed by atoms with Crippen molar-refractivity contribution < 1.29 is 19.1 Å². The van der Waals surface area contributed by atoms with Gasteiger partial charge in [0.05, 0.1) is 11.6 Å². The molecule has 206 valence electrons. The standard InChI is InChI=1S/C33H38ClNO4/c1-7-38-27-13-21(12-22(34)31(27)39-18-20-10-8-19(2)9-11-20)28-29-23(14-32(3,4)16-25(29)36)35-24-15-33(5,6)17-26(37)30(24)28/h8-13,28,35H,7,14-18H2,1-6H3. The number of carbonyl (C=O) groups excluding carboxylic acids is 2. The number of Topliss-reactive ketones (excluding diaryl/α,β-unsaturated/α-hetero) is 2. The van der Waals surface area contributed by atoms with E-state index in [2.05, 4.69) is 33.0 Å². The molecule has 0 bridgehead atoms. The summed E-state index contributed by atoms with van der Waals surface area (Å²) in [6.07, 6.45) is 2.38. The van der Waals surface area contributed by atoms with Gasteiger partial charge in [-0.05, 0) is 60.8 Å². The predicted octanol–water partition coefficient (Wildman–Crippen LogP) is 7.60. The van der Waals surface area contributed by atoms with Gasteiger partial charge < -0.3 is 14.8 Å². The van der Waals surface area contributed by atoms with Crippen LogP contribution in [0.25, 0.3) is 0 Å². The highest BCUT2D eigenvalue weighted by atomic mass is 35.5. The quantitative estimate of drug-likeness (QED) is 0.403. The fraction of sp³-hybridized carbons (Fsp3) is 0.455. The summed E-state index contributed by atoms with van der Waals surface area (Å²) in [7, 11) is 0. The van der Waals surface area contributed by atoms with Gasteiger partial charge in [0.1, 0.15) is 6.61 Å². The molecule has 1 heterocycles. The molecule has 0 unspecified atom stereocenters. The molecular formula is C33H38ClNO4. The van der Waals surface area contributed by atoms with Crippen LogP contribution in [0.15, 0.2) is 58.9 Å². The first-order valence-electron chi connectivity index (χ1n) is 13.8. The Morgan fingerprint density at radius 3 is 1.97 bits per heavy atom. The zero-order valence-electron chi connectivity index (χ0n) is 23.8. The maximum absolute atomic E-state index is 13.7. The first-order valence-corrected chi connectivity index (χ1v) is 14.2. The Morgan fingerprint density at radius 1 is 0.872 bits per heavy atom. The van der Waals surface area contributed by atoms with Crippen molar-refractivity contribution >= 4 is 23.2 Å². The Labute approximate surface area is 236 Å². The number of allylic oxidation sites excluding steroid dienone is 4. The van der Waals surface area contributed by atoms with Gasteiger partial charge in [0.25, 0.3) is 0 Å². The molecule has 6 heteroatoms. The number of hydrogen-bond acceptors (Lipinski definition) is 5. The van der Waals surface area contributed by atoms with E-state index >= 15 is 0 Å². The fourth-order valence-electron chi connectivity index (χ4n) is 6.22. The SMILES string of the molecule is CCOc1cc(C2C3=C(CC(C)(C)CC3=O)NC3=C2C(=O)CC(C)(C)C3)cc(Cl)c1OCc1ccc(C)cc1. The molecule has 1 aliphatic heterocycles. The number of hydrogen-bond donors (Lipinski definition) is 1. The highest BCUT2D eigenvalue weighted by Crippen LogP contribution is 2.52. The van der Waals surface area contributed by atoms with E-state index in [0.717, 1.165) is 35.4 Å². The molecule has 0 atom stereocenters. The molecule has 0 spiro atoms. The molecule has 3 aliphatic rings. The van der Waals surface area contributed by atoms with Gasteiger partial charge in [-0.15, -0.1) is 0 Å². The number of aryl methyl sites for hydroxylation is 1. The van der Waals surface area contributed by atoms with E-state index in [4.69, 9.17) is 21.1 Å². The van der Waals surface area contributed by atoms with Crippen LogP contribution >= 0.6 is 11.6 Å². The van der Waals surface area contributed by atoms with Gasteiger partial charge in [-0.25, -0.2) is 0 Å². The van der Waals surface area contributed by atoms with Crippen LogP contribution in [0.5, 0.6) is 11.5 Å². The third kappa shape index (κ3) is 5.51. The second kappa shape index (κ2) is 10.2. The maximum Gasteiger partial charge on any atom is 0.180 e. The summed E-state index contributed by atoms with van der Waals surface area (Å²) in [5.74, 6) is 0.661. The Hall–Kier alpha value is -3.05. The lowest BCUT2D eigenvalue weighted by Gasteiger charge is -2.44. The Bertz CT molecular complexity index is 1350. The lowest BCUT2D eigenvalue weighted by molar-refractivity contribution is -0.119. The molecule has 2 aliphatic carbocycles. The molecule has 0 radical (unpaired) electrons. The topological polar surface area (TPSA) is 64.6 Å². The van der Waals surface area contributed by atoms with E-state index < -0.39 is 5.92 Å². The van der Waals surface area contributed by atoms with E-state index in [-0.39, 0.29) is 22.4 Å². The van der Waals surface area contributed by atoms with Crippen molar-refractivity contribution in [2.45, 2.75) is 79.8 Å². The minimum Gasteiger partial charge on any atom is -0.490 e. The van der Waals surface area contributed by atoms with Gasteiger partial charge in [-0.1, -0.05) is 69.1 Å². The summed E-state index contributed by atoms with van der Waals surface area (Å²) in [5.41, 5.74) is 5.93. The van der Waals surface area contributed by atoms with Crippen molar-refractivity contribution in [3.63, 3.8) is 0 Å². The largest absolute Gasteiger partial charge is 0.490 e. The molecule has 5 nitrogen and oxygen atoms in total. The zero-order chi connectivity index (χ0) is 28.1. The van der Waals surface area contributed by atoms with E-state index in [1.807, 2.05) is 50.2 Å². The van der Waals surface area contributed by atoms with Gasteiger partial charge in [0.2, 0.25) is 0 Å². The highest BCUT2D eigenvalue weighted by Gasteiger charge is 2.46. The number of rotatable bonds is 6. The minimum absolute atomic E-state index is 0.0803. The van der Waals surface area contributed by atoms with Crippen molar-refractivity contribution in [1.29, 1.82) is 0 Å². The van der Waals surface area contributed by atoms with Crippen molar-refractivity contribution in [2.75, 3.05) is 6.61 Å². The number of ether oxygens (including phenoxy) is 2. The predicted molar refractivity (Wildman–Crippen MR) is 154 cm³/mol. The summed E-state index contributed by atoms with van der Waals surface area (Å²) >= 11 is 6.87. The molecule has 5 rings (SSSR count). The summed E-state index contributed by atoms with van der Waals surface area (Å²) in [4.78, 5) is 27.3. The van der Waals surface area contributed by atoms with E-state index in [1.54, 1.807) is 0 Å². The lowest BCUT2D eigenvalue weighted by atomic mass is 9.64. The highest BCUT2D eigenvalue weighted by molar-refractivity contribution is 6.32. The van der Waals surface area contributed by atoms with E-state index in [1.165, 1.54) is 5.56 Å². The second-order valence-electron chi connectivity index (χ2n) is 12.8. The van der Waals surface area contributed by atoms with Crippen LogP contribution in [0.3, 0.4) is 0 Å². The van der Waals surface area contributed by atoms with Gasteiger partial charge in [0, 0.05) is 41.3 Å². The molecule has 2 aromatic rings. The summed E-state index contributed by atoms with van der Waals surface area (Å²) in [6, 6.07) is 11.9. The van der Waals surface area contributed by atoms with Crippen molar-refractivity contribution in [3.05, 3.63) is 80.7 Å². The van der Waals surface area contributed by atoms with Crippen LogP contribution in [0.1, 0.15) is 82.9 Å². The van der Waals surface area contributed by atoms with Crippen molar-refractivity contribution in [1.82, 2.24) is 5.32 Å². The molecule has 0 amide bonds. The van der Waals surface area contributed by atoms with Crippen LogP contribution in [0.4, 0.5) is 0 Å². The van der Waals surface area contributed by atoms with Gasteiger partial charge in [-0.2, -0.15) is 0 Å². The third-order valence-electron chi connectivity index (χ3n) is 7.89. The van der Waals surface area contributed by atoms with Crippen LogP contribution in [-0.2, 0) is 16.2 Å². The van der Waals surface area contributed by atoms with Crippen molar-refractivity contribution in [3.8, 4) is 11.5 Å². The van der Waals surface area contributed by atoms with Crippen LogP contribution in [-0.4, -0.2) is 18.2 Å². The Balaban J connectivity index is 1.60. The summed E-state index contributed by atoms with van der Waals surface area (Å²) in [6.45, 7) is 13.2. The third-order valence-corrected chi connectivity index (χ3v) is 8.17. The molecule has 1 N–H and O–H groups in total. The van der Waals surface area contributed by atoms with E-state index in [9.17, 15) is 9.59 Å². The first kappa shape index (κ1) is 27.5. The monoisotopic (exact) mass is 547 g/mol. The Kier molecular flexibility index (Phi) is 7.17. The maximum atomic E-state index is 13.7. The van der Waals surface area contributed by atoms with Gasteiger partial charge in [0.15, 0.2) is 23.1 Å². The molecule has 0 saturated carbocycles. The van der Waals surface area contributed by atoms with Gasteiger partial charge >= 0.3 is 0 Å². The number of nitrogens with one attached hydrogen (secondary N) is 1. The summed E-state index contributed by atoms with van der Waals surface area (Å²) < 4.78 is 12.2. The molecular weight excluding hydrogens is 510 g/mol. The molecule has 39 heavy (non-hydrogen) atoms. The number of halogens is 1. The number of benzene rings is 2. The first-order chi connectivity index (χ1) is 18.4. The number of ketones is 2. The smallest absolute Gasteiger partial charge is 0.180 e. The number of carbonyl (C=O) groups is 2. The van der Waals surface area contributed by atoms with Crippen molar-refractivity contribution in [2.24, 2.45) is 10.8 Å². The molecule has 2 aromatic carbocycles. The van der Waals surface area contributed by atoms with Crippen LogP contribution in [0.2, 0.25) is 5.02 Å². The average Bonchev–Trinajstić information content (AvgIpc) is 2.81. The lowest BCUT2D eigenvalue weighted by Crippen LogP contribution is -2.42. The average molecular weight is 548 g/mol. The van der Waals surface area contributed by atoms with Crippen LogP contribution in [0, 0.1) is 17.8 Å². The minimum atomic E-state index is -0.480. The zero-order valence-corrected chi connectivity index (χ0v) is 24.6. The number of dihydropyridines is 1. The van der Waals surface area contributed by atoms with Crippen LogP contribution < -0.4 is 14.8 Å². The summed E-state index contributed by atoms with van der Waals surface area (Å²) in [5, 5.41) is 3.97. The van der Waals surface area contributed by atoms with Gasteiger partial charge in [-0.3, -0.25) is 9.59 Å². The normalized spacial score (nSPS) is 20.4. The fourth-order valence-corrected chi connectivity index (χ4v) is 6.49. The molecule has 0 aromatic heterocycles. The molecule has 0 saturated heterocycles.